The SMILES string of the molecule is COC(=O)c1cc(=O)n(CCC(F)(F)F)[nH]1. The molecule has 1 heterocycles. The van der Waals surface area contributed by atoms with E-state index in [-0.39, 0.29) is 5.69 Å². The molecule has 0 saturated carbocycles. The maximum Gasteiger partial charge on any atom is 0.390 e. The zero-order valence-corrected chi connectivity index (χ0v) is 8.30. The standard InChI is InChI=1S/C8H9F3N2O3/c1-16-7(15)5-4-6(14)13(12-5)3-2-8(9,10)11/h4,12H,2-3H2,1H3. The van der Waals surface area contributed by atoms with Crippen LogP contribution in [0.2, 0.25) is 0 Å². The second-order valence-corrected chi connectivity index (χ2v) is 3.02. The molecular weight excluding hydrogens is 229 g/mol. The lowest BCUT2D eigenvalue weighted by atomic mass is 10.4. The molecule has 5 nitrogen and oxygen atoms in total. The van der Waals surface area contributed by atoms with E-state index in [9.17, 15) is 22.8 Å². The molecular formula is C8H9F3N2O3. The molecule has 1 rings (SSSR count). The Morgan fingerprint density at radius 1 is 1.56 bits per heavy atom. The Kier molecular flexibility index (Phi) is 3.41. The molecule has 0 aliphatic heterocycles. The molecule has 0 spiro atoms. The van der Waals surface area contributed by atoms with Crippen molar-refractivity contribution in [3.05, 3.63) is 22.1 Å². The van der Waals surface area contributed by atoms with Gasteiger partial charge in [-0.05, 0) is 0 Å². The van der Waals surface area contributed by atoms with Crippen LogP contribution in [-0.2, 0) is 11.3 Å². The number of nitrogens with zero attached hydrogens (tertiary/aromatic N) is 1. The normalized spacial score (nSPS) is 11.5. The second-order valence-electron chi connectivity index (χ2n) is 3.02. The summed E-state index contributed by atoms with van der Waals surface area (Å²) in [6.07, 6.45) is -5.50. The van der Waals surface area contributed by atoms with Gasteiger partial charge in [-0.3, -0.25) is 14.6 Å². The highest BCUT2D eigenvalue weighted by Crippen LogP contribution is 2.19. The van der Waals surface area contributed by atoms with E-state index >= 15 is 0 Å². The zero-order valence-electron chi connectivity index (χ0n) is 8.30. The van der Waals surface area contributed by atoms with Gasteiger partial charge in [0.2, 0.25) is 0 Å². The molecule has 0 saturated heterocycles. The number of ether oxygens (including phenoxy) is 1. The quantitative estimate of drug-likeness (QED) is 0.796. The number of esters is 1. The molecule has 16 heavy (non-hydrogen) atoms. The number of hydrogen-bond donors (Lipinski definition) is 1. The first-order valence-electron chi connectivity index (χ1n) is 4.28. The van der Waals surface area contributed by atoms with Gasteiger partial charge in [-0.25, -0.2) is 4.79 Å². The molecule has 1 N–H and O–H groups in total. The van der Waals surface area contributed by atoms with Gasteiger partial charge in [-0.15, -0.1) is 0 Å². The highest BCUT2D eigenvalue weighted by Gasteiger charge is 2.27. The van der Waals surface area contributed by atoms with Crippen molar-refractivity contribution < 1.29 is 22.7 Å². The molecule has 0 bridgehead atoms. The largest absolute Gasteiger partial charge is 0.464 e. The lowest BCUT2D eigenvalue weighted by Crippen LogP contribution is -2.20. The van der Waals surface area contributed by atoms with Crippen LogP contribution in [-0.4, -0.2) is 29.0 Å². The summed E-state index contributed by atoms with van der Waals surface area (Å²) in [6, 6.07) is 0.891. The highest BCUT2D eigenvalue weighted by molar-refractivity contribution is 5.86. The number of hydrogen-bond acceptors (Lipinski definition) is 3. The third-order valence-corrected chi connectivity index (χ3v) is 1.81. The summed E-state index contributed by atoms with van der Waals surface area (Å²) in [7, 11) is 1.10. The van der Waals surface area contributed by atoms with Crippen molar-refractivity contribution in [2.75, 3.05) is 7.11 Å². The van der Waals surface area contributed by atoms with Gasteiger partial charge in [-0.1, -0.05) is 0 Å². The number of aryl methyl sites for hydroxylation is 1. The maximum absolute atomic E-state index is 11.9. The van der Waals surface area contributed by atoms with Crippen LogP contribution in [0.25, 0.3) is 0 Å². The Bertz CT molecular complexity index is 432. The summed E-state index contributed by atoms with van der Waals surface area (Å²) in [5, 5.41) is 2.23. The van der Waals surface area contributed by atoms with Crippen LogP contribution in [0, 0.1) is 0 Å². The van der Waals surface area contributed by atoms with Gasteiger partial charge < -0.3 is 4.74 Å². The predicted octanol–water partition coefficient (Wildman–Crippen LogP) is 0.915. The van der Waals surface area contributed by atoms with Crippen LogP contribution < -0.4 is 5.56 Å². The lowest BCUT2D eigenvalue weighted by molar-refractivity contribution is -0.137. The molecule has 0 radical (unpaired) electrons. The molecule has 8 heteroatoms. The van der Waals surface area contributed by atoms with Crippen molar-refractivity contribution in [3.8, 4) is 0 Å². The fourth-order valence-corrected chi connectivity index (χ4v) is 1.05. The van der Waals surface area contributed by atoms with Crippen molar-refractivity contribution in [1.82, 2.24) is 9.78 Å². The van der Waals surface area contributed by atoms with Crippen molar-refractivity contribution in [2.45, 2.75) is 19.1 Å². The van der Waals surface area contributed by atoms with Gasteiger partial charge in [0.15, 0.2) is 0 Å². The molecule has 1 aromatic rings. The zero-order chi connectivity index (χ0) is 12.3. The number of alkyl halides is 3. The summed E-state index contributed by atoms with van der Waals surface area (Å²) < 4.78 is 40.7. The first-order chi connectivity index (χ1) is 7.33. The van der Waals surface area contributed by atoms with Crippen LogP contribution in [0.5, 0.6) is 0 Å². The van der Waals surface area contributed by atoms with Crippen molar-refractivity contribution in [3.63, 3.8) is 0 Å². The molecule has 90 valence electrons. The average molecular weight is 238 g/mol. The summed E-state index contributed by atoms with van der Waals surface area (Å²) in [5.41, 5.74) is -0.876. The van der Waals surface area contributed by atoms with E-state index in [1.807, 2.05) is 0 Å². The van der Waals surface area contributed by atoms with Crippen LogP contribution in [0.4, 0.5) is 13.2 Å². The van der Waals surface area contributed by atoms with Crippen LogP contribution in [0.15, 0.2) is 10.9 Å². The topological polar surface area (TPSA) is 64.1 Å². The number of aromatic nitrogens is 2. The molecule has 0 amide bonds. The summed E-state index contributed by atoms with van der Waals surface area (Å²) in [4.78, 5) is 22.1. The van der Waals surface area contributed by atoms with E-state index in [1.165, 1.54) is 0 Å². The summed E-state index contributed by atoms with van der Waals surface area (Å²) >= 11 is 0. The molecule has 0 unspecified atom stereocenters. The van der Waals surface area contributed by atoms with E-state index in [2.05, 4.69) is 9.84 Å². The van der Waals surface area contributed by atoms with Gasteiger partial charge in [0.25, 0.3) is 5.56 Å². The fraction of sp³-hybridized carbons (Fsp3) is 0.500. The monoisotopic (exact) mass is 238 g/mol. The van der Waals surface area contributed by atoms with Crippen LogP contribution in [0.1, 0.15) is 16.9 Å². The fourth-order valence-electron chi connectivity index (χ4n) is 1.05. The number of H-pyrrole nitrogens is 1. The van der Waals surface area contributed by atoms with E-state index in [4.69, 9.17) is 0 Å². The van der Waals surface area contributed by atoms with Crippen molar-refractivity contribution in [2.24, 2.45) is 0 Å². The van der Waals surface area contributed by atoms with Crippen LogP contribution >= 0.6 is 0 Å². The van der Waals surface area contributed by atoms with Crippen LogP contribution in [0.3, 0.4) is 0 Å². The van der Waals surface area contributed by atoms with E-state index in [0.717, 1.165) is 13.2 Å². The Labute approximate surface area is 87.8 Å². The first-order valence-corrected chi connectivity index (χ1v) is 4.28. The number of rotatable bonds is 3. The first kappa shape index (κ1) is 12.3. The third-order valence-electron chi connectivity index (χ3n) is 1.81. The van der Waals surface area contributed by atoms with Gasteiger partial charge in [-0.2, -0.15) is 13.2 Å². The minimum absolute atomic E-state index is 0.172. The number of aromatic amines is 1. The van der Waals surface area contributed by atoms with Gasteiger partial charge in [0.1, 0.15) is 5.69 Å². The number of carbonyl (C=O) groups excluding carboxylic acids is 1. The number of halogens is 3. The van der Waals surface area contributed by atoms with E-state index in [1.54, 1.807) is 0 Å². The third kappa shape index (κ3) is 3.14. The minimum Gasteiger partial charge on any atom is -0.464 e. The van der Waals surface area contributed by atoms with Gasteiger partial charge in [0.05, 0.1) is 20.1 Å². The molecule has 0 fully saturated rings. The van der Waals surface area contributed by atoms with E-state index < -0.39 is 30.7 Å². The Balaban J connectivity index is 2.79. The Hall–Kier alpha value is -1.73. The van der Waals surface area contributed by atoms with Gasteiger partial charge >= 0.3 is 12.1 Å². The van der Waals surface area contributed by atoms with Crippen molar-refractivity contribution in [1.29, 1.82) is 0 Å². The average Bonchev–Trinajstić information content (AvgIpc) is 2.54. The maximum atomic E-state index is 11.9. The second kappa shape index (κ2) is 4.42. The number of methoxy groups -OCH3 is 1. The molecule has 0 aliphatic rings. The molecule has 0 atom stereocenters. The smallest absolute Gasteiger partial charge is 0.390 e. The summed E-state index contributed by atoms with van der Waals surface area (Å²) in [5.74, 6) is -0.803. The predicted molar refractivity (Wildman–Crippen MR) is 47.1 cm³/mol. The van der Waals surface area contributed by atoms with Crippen molar-refractivity contribution >= 4 is 5.97 Å². The van der Waals surface area contributed by atoms with Gasteiger partial charge in [0, 0.05) is 6.07 Å². The van der Waals surface area contributed by atoms with E-state index in [0.29, 0.717) is 4.68 Å². The number of nitrogens with one attached hydrogen (secondary N) is 1. The Morgan fingerprint density at radius 3 is 2.69 bits per heavy atom. The molecule has 0 aromatic carbocycles. The molecule has 0 aliphatic carbocycles. The Morgan fingerprint density at radius 2 is 2.19 bits per heavy atom. The number of carbonyl (C=O) groups is 1. The summed E-state index contributed by atoms with van der Waals surface area (Å²) in [6.45, 7) is -0.556. The highest BCUT2D eigenvalue weighted by atomic mass is 19.4. The lowest BCUT2D eigenvalue weighted by Gasteiger charge is -2.05. The molecule has 1 aromatic heterocycles. The minimum atomic E-state index is -4.35.